The molecule has 2 aromatic rings. The van der Waals surface area contributed by atoms with Crippen LogP contribution >= 0.6 is 0 Å². The first-order valence-electron chi connectivity index (χ1n) is 12.2. The molecule has 0 fully saturated rings. The van der Waals surface area contributed by atoms with Crippen molar-refractivity contribution in [2.24, 2.45) is 11.3 Å². The minimum atomic E-state index is -1.07. The molecule has 3 rings (SSSR count). The number of carbonyl (C=O) groups excluding carboxylic acids is 2. The number of hydrogen-bond donors (Lipinski definition) is 3. The van der Waals surface area contributed by atoms with Crippen molar-refractivity contribution in [2.75, 3.05) is 6.61 Å². The minimum absolute atomic E-state index is 0.0627. The SMILES string of the molecule is CCCC(NC(=O)C(C)(C)C(NC(=O)OCC1c2ccccc2-c2ccccc21)C(C)C)C(=O)O. The van der Waals surface area contributed by atoms with Crippen LogP contribution in [0.1, 0.15) is 64.5 Å². The summed E-state index contributed by atoms with van der Waals surface area (Å²) < 4.78 is 5.68. The lowest BCUT2D eigenvalue weighted by atomic mass is 9.77. The van der Waals surface area contributed by atoms with Crippen molar-refractivity contribution in [2.45, 2.75) is 65.5 Å². The predicted molar refractivity (Wildman–Crippen MR) is 135 cm³/mol. The summed E-state index contributed by atoms with van der Waals surface area (Å²) in [5.41, 5.74) is 3.49. The molecule has 0 saturated carbocycles. The smallest absolute Gasteiger partial charge is 0.407 e. The first kappa shape index (κ1) is 26.3. The fraction of sp³-hybridized carbons (Fsp3) is 0.464. The molecule has 2 amide bonds. The lowest BCUT2D eigenvalue weighted by Gasteiger charge is -2.36. The maximum atomic E-state index is 13.1. The van der Waals surface area contributed by atoms with Crippen molar-refractivity contribution >= 4 is 18.0 Å². The van der Waals surface area contributed by atoms with E-state index in [4.69, 9.17) is 4.74 Å². The van der Waals surface area contributed by atoms with Crippen LogP contribution in [0.5, 0.6) is 0 Å². The molecule has 0 spiro atoms. The monoisotopic (exact) mass is 480 g/mol. The molecular formula is C28H36N2O5. The number of carboxylic acid groups (broad SMARTS) is 1. The topological polar surface area (TPSA) is 105 Å². The number of hydrogen-bond acceptors (Lipinski definition) is 4. The number of rotatable bonds is 10. The van der Waals surface area contributed by atoms with E-state index in [-0.39, 0.29) is 18.4 Å². The number of carbonyl (C=O) groups is 3. The summed E-state index contributed by atoms with van der Waals surface area (Å²) in [6.45, 7) is 9.27. The molecule has 2 unspecified atom stereocenters. The highest BCUT2D eigenvalue weighted by atomic mass is 16.5. The van der Waals surface area contributed by atoms with Gasteiger partial charge in [0.1, 0.15) is 12.6 Å². The van der Waals surface area contributed by atoms with Crippen LogP contribution in [0.2, 0.25) is 0 Å². The Hall–Kier alpha value is -3.35. The number of benzene rings is 2. The van der Waals surface area contributed by atoms with Crippen LogP contribution in [-0.4, -0.2) is 41.8 Å². The van der Waals surface area contributed by atoms with Crippen molar-refractivity contribution in [3.8, 4) is 11.1 Å². The van der Waals surface area contributed by atoms with Crippen molar-refractivity contribution in [1.29, 1.82) is 0 Å². The summed E-state index contributed by atoms with van der Waals surface area (Å²) in [5, 5.41) is 14.9. The molecule has 1 aliphatic carbocycles. The lowest BCUT2D eigenvalue weighted by Crippen LogP contribution is -2.57. The number of amides is 2. The van der Waals surface area contributed by atoms with E-state index >= 15 is 0 Å². The average molecular weight is 481 g/mol. The molecule has 188 valence electrons. The van der Waals surface area contributed by atoms with Crippen LogP contribution in [0, 0.1) is 11.3 Å². The lowest BCUT2D eigenvalue weighted by molar-refractivity contribution is -0.144. The Morgan fingerprint density at radius 1 is 0.971 bits per heavy atom. The molecule has 35 heavy (non-hydrogen) atoms. The molecule has 0 aromatic heterocycles. The molecule has 7 heteroatoms. The van der Waals surface area contributed by atoms with Gasteiger partial charge >= 0.3 is 12.1 Å². The van der Waals surface area contributed by atoms with Gasteiger partial charge in [-0.2, -0.15) is 0 Å². The van der Waals surface area contributed by atoms with Gasteiger partial charge in [-0.1, -0.05) is 75.7 Å². The van der Waals surface area contributed by atoms with Gasteiger partial charge in [0.25, 0.3) is 0 Å². The van der Waals surface area contributed by atoms with Gasteiger partial charge in [-0.3, -0.25) is 4.79 Å². The molecule has 1 aliphatic rings. The normalized spacial score (nSPS) is 14.6. The molecule has 2 atom stereocenters. The molecule has 0 aliphatic heterocycles. The summed E-state index contributed by atoms with van der Waals surface area (Å²) in [7, 11) is 0. The van der Waals surface area contributed by atoms with E-state index in [1.54, 1.807) is 13.8 Å². The van der Waals surface area contributed by atoms with Crippen LogP contribution in [-0.2, 0) is 14.3 Å². The van der Waals surface area contributed by atoms with Crippen LogP contribution in [0.25, 0.3) is 11.1 Å². The van der Waals surface area contributed by atoms with Crippen molar-refractivity contribution in [3.05, 3.63) is 59.7 Å². The number of ether oxygens (including phenoxy) is 1. The largest absolute Gasteiger partial charge is 0.480 e. The van der Waals surface area contributed by atoms with Gasteiger partial charge in [0.2, 0.25) is 5.91 Å². The maximum absolute atomic E-state index is 13.1. The zero-order valence-corrected chi connectivity index (χ0v) is 21.1. The third-order valence-electron chi connectivity index (χ3n) is 6.83. The third kappa shape index (κ3) is 5.66. The molecule has 2 aromatic carbocycles. The van der Waals surface area contributed by atoms with Gasteiger partial charge in [-0.05, 0) is 48.4 Å². The van der Waals surface area contributed by atoms with Crippen LogP contribution in [0.3, 0.4) is 0 Å². The first-order chi connectivity index (χ1) is 16.6. The summed E-state index contributed by atoms with van der Waals surface area (Å²) in [6, 6.07) is 14.7. The van der Waals surface area contributed by atoms with Crippen molar-refractivity contribution in [1.82, 2.24) is 10.6 Å². The van der Waals surface area contributed by atoms with Gasteiger partial charge in [-0.15, -0.1) is 0 Å². The van der Waals surface area contributed by atoms with Gasteiger partial charge in [0.05, 0.1) is 5.41 Å². The molecule has 7 nitrogen and oxygen atoms in total. The Labute approximate surface area is 207 Å². The summed E-state index contributed by atoms with van der Waals surface area (Å²) in [6.07, 6.45) is 0.363. The van der Waals surface area contributed by atoms with Gasteiger partial charge in [0, 0.05) is 12.0 Å². The van der Waals surface area contributed by atoms with Crippen LogP contribution < -0.4 is 10.6 Å². The number of carboxylic acids is 1. The number of aliphatic carboxylic acids is 1. The molecular weight excluding hydrogens is 444 g/mol. The molecule has 3 N–H and O–H groups in total. The first-order valence-corrected chi connectivity index (χ1v) is 12.2. The number of fused-ring (bicyclic) bond motifs is 3. The highest BCUT2D eigenvalue weighted by Gasteiger charge is 2.41. The highest BCUT2D eigenvalue weighted by Crippen LogP contribution is 2.44. The second kappa shape index (κ2) is 10.9. The standard InChI is InChI=1S/C28H36N2O5/c1-6-11-23(25(31)32)29-26(33)28(4,5)24(17(2)3)30-27(34)35-16-22-20-14-9-7-12-18(20)19-13-8-10-15-21(19)22/h7-10,12-15,17,22-24H,6,11,16H2,1-5H3,(H,29,33)(H,30,34)(H,31,32). The summed E-state index contributed by atoms with van der Waals surface area (Å²) in [4.78, 5) is 37.5. The molecule has 0 bridgehead atoms. The quantitative estimate of drug-likeness (QED) is 0.447. The third-order valence-corrected chi connectivity index (χ3v) is 6.83. The Balaban J connectivity index is 1.69. The van der Waals surface area contributed by atoms with E-state index in [0.29, 0.717) is 12.8 Å². The van der Waals surface area contributed by atoms with E-state index < -0.39 is 35.5 Å². The average Bonchev–Trinajstić information content (AvgIpc) is 3.14. The van der Waals surface area contributed by atoms with Crippen molar-refractivity contribution < 1.29 is 24.2 Å². The summed E-state index contributed by atoms with van der Waals surface area (Å²) in [5.74, 6) is -1.64. The minimum Gasteiger partial charge on any atom is -0.480 e. The second-order valence-corrected chi connectivity index (χ2v) is 10.1. The molecule has 0 radical (unpaired) electrons. The number of nitrogens with one attached hydrogen (secondary N) is 2. The predicted octanol–water partition coefficient (Wildman–Crippen LogP) is 4.95. The Bertz CT molecular complexity index is 1030. The van der Waals surface area contributed by atoms with E-state index in [9.17, 15) is 19.5 Å². The molecule has 0 heterocycles. The van der Waals surface area contributed by atoms with Gasteiger partial charge in [-0.25, -0.2) is 9.59 Å². The van der Waals surface area contributed by atoms with Crippen LogP contribution in [0.15, 0.2) is 48.5 Å². The maximum Gasteiger partial charge on any atom is 0.407 e. The van der Waals surface area contributed by atoms with E-state index in [1.165, 1.54) is 0 Å². The van der Waals surface area contributed by atoms with E-state index in [0.717, 1.165) is 22.3 Å². The van der Waals surface area contributed by atoms with E-state index in [2.05, 4.69) is 34.9 Å². The van der Waals surface area contributed by atoms with E-state index in [1.807, 2.05) is 45.0 Å². The Morgan fingerprint density at radius 3 is 2.00 bits per heavy atom. The highest BCUT2D eigenvalue weighted by molar-refractivity contribution is 5.88. The summed E-state index contributed by atoms with van der Waals surface area (Å²) >= 11 is 0. The Kier molecular flexibility index (Phi) is 8.20. The Morgan fingerprint density at radius 2 is 1.51 bits per heavy atom. The van der Waals surface area contributed by atoms with Gasteiger partial charge in [0.15, 0.2) is 0 Å². The zero-order chi connectivity index (χ0) is 25.8. The van der Waals surface area contributed by atoms with Gasteiger partial charge < -0.3 is 20.5 Å². The zero-order valence-electron chi connectivity index (χ0n) is 21.1. The number of alkyl carbamates (subject to hydrolysis) is 1. The second-order valence-electron chi connectivity index (χ2n) is 10.1. The van der Waals surface area contributed by atoms with Crippen molar-refractivity contribution in [3.63, 3.8) is 0 Å². The fourth-order valence-corrected chi connectivity index (χ4v) is 4.98. The van der Waals surface area contributed by atoms with Crippen LogP contribution in [0.4, 0.5) is 4.79 Å². The fourth-order valence-electron chi connectivity index (χ4n) is 4.98. The molecule has 0 saturated heterocycles.